The minimum absolute atomic E-state index is 0.342. The highest BCUT2D eigenvalue weighted by Gasteiger charge is 2.18. The fourth-order valence-corrected chi connectivity index (χ4v) is 1.81. The van der Waals surface area contributed by atoms with Crippen LogP contribution in [0.5, 0.6) is 0 Å². The maximum absolute atomic E-state index is 12.1. The Morgan fingerprint density at radius 3 is 2.84 bits per heavy atom. The van der Waals surface area contributed by atoms with E-state index in [0.717, 1.165) is 10.9 Å². The van der Waals surface area contributed by atoms with E-state index in [1.807, 2.05) is 38.4 Å². The summed E-state index contributed by atoms with van der Waals surface area (Å²) in [6, 6.07) is 7.59. The molecule has 0 aliphatic heterocycles. The van der Waals surface area contributed by atoms with Crippen molar-refractivity contribution in [3.05, 3.63) is 29.8 Å². The van der Waals surface area contributed by atoms with E-state index in [4.69, 9.17) is 4.74 Å². The van der Waals surface area contributed by atoms with E-state index >= 15 is 0 Å². The molecule has 0 spiro atoms. The molecule has 0 saturated heterocycles. The lowest BCUT2D eigenvalue weighted by molar-refractivity contribution is 0.0530. The number of aliphatic imine (C=N–C) groups is 1. The minimum atomic E-state index is -0.356. The fraction of sp³-hybridized carbons (Fsp3) is 0.286. The maximum atomic E-state index is 12.1. The van der Waals surface area contributed by atoms with Crippen LogP contribution >= 0.6 is 0 Å². The number of H-pyrrole nitrogens is 1. The van der Waals surface area contributed by atoms with Crippen molar-refractivity contribution in [1.82, 2.24) is 9.88 Å². The van der Waals surface area contributed by atoms with Crippen LogP contribution < -0.4 is 0 Å². The zero-order valence-corrected chi connectivity index (χ0v) is 11.3. The summed E-state index contributed by atoms with van der Waals surface area (Å²) in [6.07, 6.45) is 1.65. The summed E-state index contributed by atoms with van der Waals surface area (Å²) in [4.78, 5) is 21.3. The Labute approximate surface area is 111 Å². The third-order valence-corrected chi connectivity index (χ3v) is 2.58. The van der Waals surface area contributed by atoms with E-state index < -0.39 is 0 Å². The summed E-state index contributed by atoms with van der Waals surface area (Å²) in [7, 11) is 3.74. The molecule has 0 fully saturated rings. The molecule has 0 amide bonds. The average molecular weight is 259 g/mol. The highest BCUT2D eigenvalue weighted by Crippen LogP contribution is 2.28. The Morgan fingerprint density at radius 2 is 2.16 bits per heavy atom. The van der Waals surface area contributed by atoms with E-state index in [1.54, 1.807) is 18.2 Å². The molecule has 0 aliphatic carbocycles. The summed E-state index contributed by atoms with van der Waals surface area (Å²) >= 11 is 0. The molecule has 0 radical (unpaired) electrons. The number of para-hydroxylation sites is 1. The third-order valence-electron chi connectivity index (χ3n) is 2.58. The molecule has 100 valence electrons. The molecule has 1 heterocycles. The lowest BCUT2D eigenvalue weighted by Gasteiger charge is -2.03. The molecule has 19 heavy (non-hydrogen) atoms. The molecule has 0 unspecified atom stereocenters. The molecule has 1 aromatic carbocycles. The molecule has 0 saturated carbocycles. The first kappa shape index (κ1) is 13.1. The van der Waals surface area contributed by atoms with E-state index in [-0.39, 0.29) is 5.97 Å². The summed E-state index contributed by atoms with van der Waals surface area (Å²) in [5, 5.41) is 0.826. The zero-order chi connectivity index (χ0) is 13.8. The van der Waals surface area contributed by atoms with Crippen molar-refractivity contribution < 1.29 is 9.53 Å². The minimum Gasteiger partial charge on any atom is -0.462 e. The molecular weight excluding hydrogens is 242 g/mol. The van der Waals surface area contributed by atoms with Crippen molar-refractivity contribution in [3.63, 3.8) is 0 Å². The summed E-state index contributed by atoms with van der Waals surface area (Å²) < 4.78 is 5.10. The molecule has 0 atom stereocenters. The third kappa shape index (κ3) is 2.76. The van der Waals surface area contributed by atoms with Crippen molar-refractivity contribution in [1.29, 1.82) is 0 Å². The largest absolute Gasteiger partial charge is 0.462 e. The fourth-order valence-electron chi connectivity index (χ4n) is 1.81. The quantitative estimate of drug-likeness (QED) is 0.521. The number of hydrogen-bond acceptors (Lipinski definition) is 3. The van der Waals surface area contributed by atoms with Crippen molar-refractivity contribution >= 4 is 29.0 Å². The number of carbonyl (C=O) groups is 1. The van der Waals surface area contributed by atoms with Crippen LogP contribution in [0.2, 0.25) is 0 Å². The summed E-state index contributed by atoms with van der Waals surface area (Å²) in [5.41, 5.74) is 1.35. The number of nitrogens with one attached hydrogen (secondary N) is 1. The number of benzene rings is 1. The van der Waals surface area contributed by atoms with Gasteiger partial charge in [0, 0.05) is 25.0 Å². The Morgan fingerprint density at radius 1 is 1.42 bits per heavy atom. The van der Waals surface area contributed by atoms with E-state index in [9.17, 15) is 4.79 Å². The van der Waals surface area contributed by atoms with Crippen molar-refractivity contribution in [2.45, 2.75) is 6.92 Å². The van der Waals surface area contributed by atoms with Gasteiger partial charge >= 0.3 is 5.97 Å². The number of ether oxygens (including phenoxy) is 1. The van der Waals surface area contributed by atoms with Crippen LogP contribution in [-0.2, 0) is 4.74 Å². The number of nitrogens with zero attached hydrogens (tertiary/aromatic N) is 2. The normalized spacial score (nSPS) is 11.1. The SMILES string of the molecule is CCOC(=O)c1c(N=CN(C)C)[nH]c2ccccc12. The van der Waals surface area contributed by atoms with Crippen LogP contribution in [-0.4, -0.2) is 42.9 Å². The monoisotopic (exact) mass is 259 g/mol. The Kier molecular flexibility index (Phi) is 3.85. The lowest BCUT2D eigenvalue weighted by atomic mass is 10.1. The topological polar surface area (TPSA) is 57.7 Å². The average Bonchev–Trinajstić information content (AvgIpc) is 2.74. The van der Waals surface area contributed by atoms with Crippen molar-refractivity contribution in [2.75, 3.05) is 20.7 Å². The first-order valence-corrected chi connectivity index (χ1v) is 6.12. The number of rotatable bonds is 4. The second-order valence-corrected chi connectivity index (χ2v) is 4.32. The first-order valence-electron chi connectivity index (χ1n) is 6.12. The molecule has 0 aliphatic rings. The van der Waals surface area contributed by atoms with Gasteiger partial charge in [0.2, 0.25) is 0 Å². The molecule has 5 nitrogen and oxygen atoms in total. The number of fused-ring (bicyclic) bond motifs is 1. The van der Waals surface area contributed by atoms with Crippen LogP contribution in [0.4, 0.5) is 5.82 Å². The number of hydrogen-bond donors (Lipinski definition) is 1. The maximum Gasteiger partial charge on any atom is 0.342 e. The van der Waals surface area contributed by atoms with Gasteiger partial charge in [0.05, 0.1) is 12.9 Å². The first-order chi connectivity index (χ1) is 9.13. The molecule has 0 bridgehead atoms. The predicted molar refractivity (Wildman–Crippen MR) is 76.1 cm³/mol. The van der Waals surface area contributed by atoms with Gasteiger partial charge in [-0.1, -0.05) is 18.2 Å². The second-order valence-electron chi connectivity index (χ2n) is 4.32. The van der Waals surface area contributed by atoms with E-state index in [2.05, 4.69) is 9.98 Å². The van der Waals surface area contributed by atoms with Gasteiger partial charge in [0.15, 0.2) is 0 Å². The van der Waals surface area contributed by atoms with E-state index in [1.165, 1.54) is 0 Å². The van der Waals surface area contributed by atoms with Gasteiger partial charge in [-0.2, -0.15) is 0 Å². The van der Waals surface area contributed by atoms with Crippen LogP contribution in [0.1, 0.15) is 17.3 Å². The van der Waals surface area contributed by atoms with Crippen LogP contribution in [0.3, 0.4) is 0 Å². The Hall–Kier alpha value is -2.30. The summed E-state index contributed by atoms with van der Waals surface area (Å²) in [5.74, 6) is 0.166. The molecule has 2 aromatic rings. The van der Waals surface area contributed by atoms with Crippen LogP contribution in [0.25, 0.3) is 10.9 Å². The molecule has 1 aromatic heterocycles. The van der Waals surface area contributed by atoms with Crippen LogP contribution in [0.15, 0.2) is 29.3 Å². The molecule has 1 N–H and O–H groups in total. The lowest BCUT2D eigenvalue weighted by Crippen LogP contribution is -2.08. The smallest absolute Gasteiger partial charge is 0.342 e. The van der Waals surface area contributed by atoms with E-state index in [0.29, 0.717) is 18.0 Å². The Balaban J connectivity index is 2.55. The van der Waals surface area contributed by atoms with Crippen LogP contribution in [0, 0.1) is 0 Å². The van der Waals surface area contributed by atoms with Crippen molar-refractivity contribution in [3.8, 4) is 0 Å². The number of aromatic amines is 1. The number of carbonyl (C=O) groups excluding carboxylic acids is 1. The molecule has 2 rings (SSSR count). The van der Waals surface area contributed by atoms with Gasteiger partial charge in [-0.15, -0.1) is 0 Å². The number of esters is 1. The molecule has 5 heteroatoms. The van der Waals surface area contributed by atoms with Gasteiger partial charge in [-0.05, 0) is 13.0 Å². The van der Waals surface area contributed by atoms with Gasteiger partial charge in [0.25, 0.3) is 0 Å². The van der Waals surface area contributed by atoms with Gasteiger partial charge in [-0.25, -0.2) is 9.79 Å². The number of aromatic nitrogens is 1. The van der Waals surface area contributed by atoms with Gasteiger partial charge in [-0.3, -0.25) is 0 Å². The molecular formula is C14H17N3O2. The standard InChI is InChI=1S/C14H17N3O2/c1-4-19-14(18)12-10-7-5-6-8-11(10)16-13(12)15-9-17(2)3/h5-9,16H,4H2,1-3H3. The second kappa shape index (κ2) is 5.56. The van der Waals surface area contributed by atoms with Gasteiger partial charge in [0.1, 0.15) is 11.4 Å². The summed E-state index contributed by atoms with van der Waals surface area (Å²) in [6.45, 7) is 2.13. The zero-order valence-electron chi connectivity index (χ0n) is 11.3. The predicted octanol–water partition coefficient (Wildman–Crippen LogP) is 2.57. The highest BCUT2D eigenvalue weighted by atomic mass is 16.5. The highest BCUT2D eigenvalue weighted by molar-refractivity contribution is 6.09. The van der Waals surface area contributed by atoms with Gasteiger partial charge < -0.3 is 14.6 Å². The van der Waals surface area contributed by atoms with Crippen molar-refractivity contribution in [2.24, 2.45) is 4.99 Å². The Bertz CT molecular complexity index is 614.